The van der Waals surface area contributed by atoms with E-state index >= 15 is 0 Å². The van der Waals surface area contributed by atoms with E-state index in [0.29, 0.717) is 5.92 Å². The van der Waals surface area contributed by atoms with Crippen molar-refractivity contribution in [2.24, 2.45) is 11.7 Å². The fourth-order valence-electron chi connectivity index (χ4n) is 1.86. The SMILES string of the molecule is CCc1sc(C(N)C(C)C)nc1-c1ccccc1. The Kier molecular flexibility index (Phi) is 4.15. The first-order chi connectivity index (χ1) is 8.63. The van der Waals surface area contributed by atoms with E-state index in [1.165, 1.54) is 10.4 Å². The first kappa shape index (κ1) is 13.2. The molecule has 0 fully saturated rings. The van der Waals surface area contributed by atoms with Gasteiger partial charge in [-0.15, -0.1) is 11.3 Å². The molecular formula is C15H20N2S. The zero-order chi connectivity index (χ0) is 13.1. The summed E-state index contributed by atoms with van der Waals surface area (Å²) < 4.78 is 0. The van der Waals surface area contributed by atoms with Crippen molar-refractivity contribution in [3.05, 3.63) is 40.2 Å². The molecule has 2 nitrogen and oxygen atoms in total. The molecule has 1 heterocycles. The summed E-state index contributed by atoms with van der Waals surface area (Å²) in [6.07, 6.45) is 1.01. The molecule has 2 N–H and O–H groups in total. The molecule has 2 aromatic rings. The standard InChI is InChI=1S/C15H20N2S/c1-4-12-14(11-8-6-5-7-9-11)17-15(18-12)13(16)10(2)3/h5-10,13H,4,16H2,1-3H3. The van der Waals surface area contributed by atoms with Gasteiger partial charge in [0.25, 0.3) is 0 Å². The van der Waals surface area contributed by atoms with E-state index in [1.807, 2.05) is 6.07 Å². The van der Waals surface area contributed by atoms with Crippen molar-refractivity contribution in [1.29, 1.82) is 0 Å². The van der Waals surface area contributed by atoms with Crippen LogP contribution in [0.15, 0.2) is 30.3 Å². The van der Waals surface area contributed by atoms with Gasteiger partial charge in [0.2, 0.25) is 0 Å². The largest absolute Gasteiger partial charge is 0.322 e. The molecule has 0 saturated carbocycles. The molecule has 0 spiro atoms. The fourth-order valence-corrected chi connectivity index (χ4v) is 3.06. The Hall–Kier alpha value is -1.19. The minimum atomic E-state index is 0.0396. The van der Waals surface area contributed by atoms with Gasteiger partial charge < -0.3 is 5.73 Å². The van der Waals surface area contributed by atoms with Gasteiger partial charge >= 0.3 is 0 Å². The lowest BCUT2D eigenvalue weighted by Gasteiger charge is -2.11. The van der Waals surface area contributed by atoms with E-state index in [1.54, 1.807) is 11.3 Å². The predicted octanol–water partition coefficient (Wildman–Crippen LogP) is 4.03. The normalized spacial score (nSPS) is 12.9. The Morgan fingerprint density at radius 1 is 1.22 bits per heavy atom. The maximum absolute atomic E-state index is 6.20. The number of aromatic nitrogens is 1. The number of aryl methyl sites for hydroxylation is 1. The van der Waals surface area contributed by atoms with Crippen molar-refractivity contribution in [2.75, 3.05) is 0 Å². The highest BCUT2D eigenvalue weighted by molar-refractivity contribution is 7.12. The molecule has 3 heteroatoms. The maximum Gasteiger partial charge on any atom is 0.111 e. The molecule has 0 radical (unpaired) electrons. The number of rotatable bonds is 4. The molecule has 0 aliphatic carbocycles. The number of hydrogen-bond donors (Lipinski definition) is 1. The third kappa shape index (κ3) is 2.62. The van der Waals surface area contributed by atoms with Crippen molar-refractivity contribution >= 4 is 11.3 Å². The minimum Gasteiger partial charge on any atom is -0.322 e. The van der Waals surface area contributed by atoms with Crippen LogP contribution in [0.2, 0.25) is 0 Å². The van der Waals surface area contributed by atoms with Crippen LogP contribution in [-0.4, -0.2) is 4.98 Å². The monoisotopic (exact) mass is 260 g/mol. The fraction of sp³-hybridized carbons (Fsp3) is 0.400. The van der Waals surface area contributed by atoms with Crippen LogP contribution in [0.1, 0.15) is 36.7 Å². The van der Waals surface area contributed by atoms with Gasteiger partial charge in [-0.05, 0) is 12.3 Å². The Morgan fingerprint density at radius 3 is 2.44 bits per heavy atom. The molecule has 0 amide bonds. The van der Waals surface area contributed by atoms with Crippen molar-refractivity contribution in [2.45, 2.75) is 33.2 Å². The van der Waals surface area contributed by atoms with E-state index in [9.17, 15) is 0 Å². The first-order valence-corrected chi connectivity index (χ1v) is 7.25. The molecule has 2 rings (SSSR count). The van der Waals surface area contributed by atoms with Crippen molar-refractivity contribution in [3.63, 3.8) is 0 Å². The lowest BCUT2D eigenvalue weighted by molar-refractivity contribution is 0.512. The van der Waals surface area contributed by atoms with Crippen LogP contribution in [0.3, 0.4) is 0 Å². The van der Waals surface area contributed by atoms with Crippen LogP contribution < -0.4 is 5.73 Å². The summed E-state index contributed by atoms with van der Waals surface area (Å²) in [7, 11) is 0. The molecular weight excluding hydrogens is 240 g/mol. The third-order valence-electron chi connectivity index (χ3n) is 3.09. The summed E-state index contributed by atoms with van der Waals surface area (Å²) in [5.41, 5.74) is 8.49. The summed E-state index contributed by atoms with van der Waals surface area (Å²) in [6.45, 7) is 6.45. The number of hydrogen-bond acceptors (Lipinski definition) is 3. The highest BCUT2D eigenvalue weighted by Crippen LogP contribution is 2.32. The lowest BCUT2D eigenvalue weighted by Crippen LogP contribution is -2.16. The van der Waals surface area contributed by atoms with Gasteiger partial charge in [0, 0.05) is 10.4 Å². The van der Waals surface area contributed by atoms with Crippen LogP contribution in [0.5, 0.6) is 0 Å². The summed E-state index contributed by atoms with van der Waals surface area (Å²) in [4.78, 5) is 6.09. The molecule has 96 valence electrons. The zero-order valence-corrected chi connectivity index (χ0v) is 12.0. The van der Waals surface area contributed by atoms with Gasteiger partial charge in [0.15, 0.2) is 0 Å². The molecule has 18 heavy (non-hydrogen) atoms. The van der Waals surface area contributed by atoms with Gasteiger partial charge in [-0.2, -0.15) is 0 Å². The average Bonchev–Trinajstić information content (AvgIpc) is 2.82. The van der Waals surface area contributed by atoms with Gasteiger partial charge in [-0.1, -0.05) is 51.1 Å². The second kappa shape index (κ2) is 5.63. The van der Waals surface area contributed by atoms with Gasteiger partial charge in [-0.3, -0.25) is 0 Å². The molecule has 1 aromatic carbocycles. The van der Waals surface area contributed by atoms with E-state index in [4.69, 9.17) is 10.7 Å². The van der Waals surface area contributed by atoms with E-state index in [-0.39, 0.29) is 6.04 Å². The summed E-state index contributed by atoms with van der Waals surface area (Å²) in [5.74, 6) is 0.421. The summed E-state index contributed by atoms with van der Waals surface area (Å²) >= 11 is 1.75. The Morgan fingerprint density at radius 2 is 1.89 bits per heavy atom. The molecule has 0 saturated heterocycles. The molecule has 0 aliphatic heterocycles. The van der Waals surface area contributed by atoms with E-state index < -0.39 is 0 Å². The van der Waals surface area contributed by atoms with Crippen LogP contribution in [-0.2, 0) is 6.42 Å². The van der Waals surface area contributed by atoms with E-state index in [0.717, 1.165) is 17.1 Å². The first-order valence-electron chi connectivity index (χ1n) is 6.44. The second-order valence-electron chi connectivity index (χ2n) is 4.81. The minimum absolute atomic E-state index is 0.0396. The maximum atomic E-state index is 6.20. The quantitative estimate of drug-likeness (QED) is 0.901. The van der Waals surface area contributed by atoms with E-state index in [2.05, 4.69) is 45.0 Å². The third-order valence-corrected chi connectivity index (χ3v) is 4.39. The van der Waals surface area contributed by atoms with Crippen molar-refractivity contribution in [3.8, 4) is 11.3 Å². The topological polar surface area (TPSA) is 38.9 Å². The number of nitrogens with zero attached hydrogens (tertiary/aromatic N) is 1. The molecule has 1 aromatic heterocycles. The number of thiazole rings is 1. The zero-order valence-electron chi connectivity index (χ0n) is 11.2. The van der Waals surface area contributed by atoms with Gasteiger partial charge in [0.05, 0.1) is 11.7 Å². The Bertz CT molecular complexity index is 502. The highest BCUT2D eigenvalue weighted by Gasteiger charge is 2.18. The number of nitrogens with two attached hydrogens (primary N) is 1. The molecule has 1 unspecified atom stereocenters. The molecule has 0 aliphatic rings. The lowest BCUT2D eigenvalue weighted by atomic mass is 10.1. The second-order valence-corrected chi connectivity index (χ2v) is 5.93. The smallest absolute Gasteiger partial charge is 0.111 e. The predicted molar refractivity (Wildman–Crippen MR) is 78.7 cm³/mol. The molecule has 1 atom stereocenters. The summed E-state index contributed by atoms with van der Waals surface area (Å²) in [6, 6.07) is 10.4. The Balaban J connectivity index is 2.42. The van der Waals surface area contributed by atoms with Crippen molar-refractivity contribution < 1.29 is 0 Å². The highest BCUT2D eigenvalue weighted by atomic mass is 32.1. The van der Waals surface area contributed by atoms with Crippen LogP contribution >= 0.6 is 11.3 Å². The number of benzene rings is 1. The van der Waals surface area contributed by atoms with Crippen LogP contribution in [0, 0.1) is 5.92 Å². The van der Waals surface area contributed by atoms with Gasteiger partial charge in [0.1, 0.15) is 5.01 Å². The molecule has 0 bridgehead atoms. The average molecular weight is 260 g/mol. The van der Waals surface area contributed by atoms with Crippen molar-refractivity contribution in [1.82, 2.24) is 4.98 Å². The van der Waals surface area contributed by atoms with Crippen LogP contribution in [0.4, 0.5) is 0 Å². The van der Waals surface area contributed by atoms with Crippen LogP contribution in [0.25, 0.3) is 11.3 Å². The summed E-state index contributed by atoms with van der Waals surface area (Å²) in [5, 5.41) is 1.06. The van der Waals surface area contributed by atoms with Gasteiger partial charge in [-0.25, -0.2) is 4.98 Å². The Labute approximate surface area is 113 Å².